The Balaban J connectivity index is 2.18. The highest BCUT2D eigenvalue weighted by atomic mass is 32.1. The van der Waals surface area contributed by atoms with Crippen LogP contribution >= 0.6 is 11.3 Å². The fraction of sp³-hybridized carbons (Fsp3) is 0.545. The van der Waals surface area contributed by atoms with Gasteiger partial charge >= 0.3 is 5.97 Å². The smallest absolute Gasteiger partial charge is 0.331 e. The first-order chi connectivity index (χ1) is 8.63. The van der Waals surface area contributed by atoms with Crippen LogP contribution < -0.4 is 0 Å². The van der Waals surface area contributed by atoms with Crippen molar-refractivity contribution in [1.82, 2.24) is 9.88 Å². The highest BCUT2D eigenvalue weighted by Crippen LogP contribution is 2.18. The van der Waals surface area contributed by atoms with E-state index < -0.39 is 12.0 Å². The molecule has 1 fully saturated rings. The van der Waals surface area contributed by atoms with Crippen LogP contribution in [0, 0.1) is 6.92 Å². The normalized spacial score (nSPS) is 19.7. The highest BCUT2D eigenvalue weighted by Gasteiger charge is 2.34. The van der Waals surface area contributed by atoms with Crippen LogP contribution in [0.2, 0.25) is 0 Å². The summed E-state index contributed by atoms with van der Waals surface area (Å²) < 4.78 is 9.91. The Morgan fingerprint density at radius 1 is 1.61 bits per heavy atom. The maximum atomic E-state index is 12.3. The lowest BCUT2D eigenvalue weighted by Crippen LogP contribution is -2.52. The van der Waals surface area contributed by atoms with Gasteiger partial charge in [0, 0.05) is 6.54 Å². The molecule has 1 aliphatic rings. The quantitative estimate of drug-likeness (QED) is 0.730. The Hall–Kier alpha value is -1.47. The molecule has 1 aromatic heterocycles. The number of amides is 1. The molecule has 0 spiro atoms. The third kappa shape index (κ3) is 2.51. The zero-order chi connectivity index (χ0) is 13.1. The molecule has 0 N–H and O–H groups in total. The third-order valence-electron chi connectivity index (χ3n) is 2.69. The van der Waals surface area contributed by atoms with Gasteiger partial charge in [-0.25, -0.2) is 9.78 Å². The summed E-state index contributed by atoms with van der Waals surface area (Å²) in [6, 6.07) is -0.668. The number of morpholine rings is 1. The Morgan fingerprint density at radius 2 is 2.39 bits per heavy atom. The third-order valence-corrected chi connectivity index (χ3v) is 3.60. The second-order valence-electron chi connectivity index (χ2n) is 3.86. The van der Waals surface area contributed by atoms with Gasteiger partial charge in [-0.05, 0) is 6.92 Å². The zero-order valence-electron chi connectivity index (χ0n) is 10.2. The van der Waals surface area contributed by atoms with E-state index >= 15 is 0 Å². The van der Waals surface area contributed by atoms with Crippen molar-refractivity contribution < 1.29 is 19.1 Å². The van der Waals surface area contributed by atoms with Gasteiger partial charge in [-0.1, -0.05) is 0 Å². The number of carbonyl (C=O) groups excluding carboxylic acids is 2. The van der Waals surface area contributed by atoms with E-state index in [0.717, 1.165) is 5.01 Å². The number of aromatic nitrogens is 1. The number of rotatable bonds is 2. The summed E-state index contributed by atoms with van der Waals surface area (Å²) >= 11 is 1.32. The van der Waals surface area contributed by atoms with Crippen LogP contribution in [-0.2, 0) is 14.3 Å². The molecule has 1 aromatic rings. The van der Waals surface area contributed by atoms with Crippen LogP contribution in [0.3, 0.4) is 0 Å². The van der Waals surface area contributed by atoms with E-state index in [0.29, 0.717) is 18.0 Å². The fourth-order valence-electron chi connectivity index (χ4n) is 1.78. The summed E-state index contributed by atoms with van der Waals surface area (Å²) in [5.74, 6) is -0.649. The molecule has 2 heterocycles. The standard InChI is InChI=1S/C11H14N2O4S/c1-7-12-5-9(18-7)10(14)13-3-4-17-6-8(13)11(15)16-2/h5,8H,3-4,6H2,1-2H3. The molecule has 18 heavy (non-hydrogen) atoms. The van der Waals surface area contributed by atoms with Gasteiger partial charge in [0.25, 0.3) is 5.91 Å². The molecule has 0 radical (unpaired) electrons. The molecule has 1 amide bonds. The minimum absolute atomic E-state index is 0.177. The predicted octanol–water partition coefficient (Wildman–Crippen LogP) is 0.466. The summed E-state index contributed by atoms with van der Waals surface area (Å²) in [6.07, 6.45) is 1.53. The van der Waals surface area contributed by atoms with Crippen molar-refractivity contribution in [2.75, 3.05) is 26.9 Å². The Labute approximate surface area is 109 Å². The van der Waals surface area contributed by atoms with Gasteiger partial charge in [0.2, 0.25) is 0 Å². The molecule has 0 saturated carbocycles. The molecule has 1 atom stereocenters. The number of esters is 1. The molecule has 1 unspecified atom stereocenters. The number of hydrogen-bond acceptors (Lipinski definition) is 6. The molecule has 0 aromatic carbocycles. The summed E-state index contributed by atoms with van der Waals surface area (Å²) in [5, 5.41) is 0.821. The Bertz CT molecular complexity index is 460. The molecule has 2 rings (SSSR count). The number of thiazole rings is 1. The van der Waals surface area contributed by atoms with E-state index in [-0.39, 0.29) is 12.5 Å². The zero-order valence-corrected chi connectivity index (χ0v) is 11.0. The van der Waals surface area contributed by atoms with Crippen molar-refractivity contribution in [2.24, 2.45) is 0 Å². The lowest BCUT2D eigenvalue weighted by molar-refractivity contribution is -0.151. The monoisotopic (exact) mass is 270 g/mol. The second kappa shape index (κ2) is 5.45. The van der Waals surface area contributed by atoms with Crippen LogP contribution in [0.15, 0.2) is 6.20 Å². The first-order valence-corrected chi connectivity index (χ1v) is 6.34. The SMILES string of the molecule is COC(=O)C1COCCN1C(=O)c1cnc(C)s1. The molecule has 1 saturated heterocycles. The van der Waals surface area contributed by atoms with Crippen LogP contribution in [0.1, 0.15) is 14.7 Å². The van der Waals surface area contributed by atoms with Crippen LogP contribution in [-0.4, -0.2) is 54.7 Å². The van der Waals surface area contributed by atoms with Crippen molar-refractivity contribution in [3.63, 3.8) is 0 Å². The topological polar surface area (TPSA) is 68.7 Å². The molecule has 0 bridgehead atoms. The van der Waals surface area contributed by atoms with Crippen molar-refractivity contribution >= 4 is 23.2 Å². The molecule has 0 aliphatic carbocycles. The van der Waals surface area contributed by atoms with Gasteiger partial charge in [0.05, 0.1) is 31.5 Å². The minimum Gasteiger partial charge on any atom is -0.467 e. The summed E-state index contributed by atoms with van der Waals surface area (Å²) in [7, 11) is 1.30. The van der Waals surface area contributed by atoms with Gasteiger partial charge < -0.3 is 14.4 Å². The number of ether oxygens (including phenoxy) is 2. The van der Waals surface area contributed by atoms with Crippen LogP contribution in [0.25, 0.3) is 0 Å². The van der Waals surface area contributed by atoms with Crippen molar-refractivity contribution in [3.05, 3.63) is 16.1 Å². The number of methoxy groups -OCH3 is 1. The largest absolute Gasteiger partial charge is 0.467 e. The predicted molar refractivity (Wildman–Crippen MR) is 64.5 cm³/mol. The highest BCUT2D eigenvalue weighted by molar-refractivity contribution is 7.13. The Kier molecular flexibility index (Phi) is 3.93. The molecular weight excluding hydrogens is 256 g/mol. The molecule has 1 aliphatic heterocycles. The minimum atomic E-state index is -0.668. The first kappa shape index (κ1) is 13.0. The van der Waals surface area contributed by atoms with E-state index in [1.807, 2.05) is 6.92 Å². The first-order valence-electron chi connectivity index (χ1n) is 5.52. The van der Waals surface area contributed by atoms with Crippen molar-refractivity contribution in [3.8, 4) is 0 Å². The van der Waals surface area contributed by atoms with Gasteiger partial charge in [0.15, 0.2) is 6.04 Å². The second-order valence-corrected chi connectivity index (χ2v) is 5.09. The molecule has 98 valence electrons. The maximum Gasteiger partial charge on any atom is 0.331 e. The van der Waals surface area contributed by atoms with E-state index in [4.69, 9.17) is 4.74 Å². The van der Waals surface area contributed by atoms with E-state index in [1.54, 1.807) is 0 Å². The Morgan fingerprint density at radius 3 is 3.00 bits per heavy atom. The van der Waals surface area contributed by atoms with Gasteiger partial charge in [-0.2, -0.15) is 0 Å². The van der Waals surface area contributed by atoms with Gasteiger partial charge in [-0.15, -0.1) is 11.3 Å². The average Bonchev–Trinajstić information content (AvgIpc) is 2.83. The van der Waals surface area contributed by atoms with Gasteiger partial charge in [0.1, 0.15) is 4.88 Å². The number of nitrogens with zero attached hydrogens (tertiary/aromatic N) is 2. The lowest BCUT2D eigenvalue weighted by Gasteiger charge is -2.33. The summed E-state index contributed by atoms with van der Waals surface area (Å²) in [4.78, 5) is 30.0. The summed E-state index contributed by atoms with van der Waals surface area (Å²) in [5.41, 5.74) is 0. The van der Waals surface area contributed by atoms with Crippen molar-refractivity contribution in [1.29, 1.82) is 0 Å². The van der Waals surface area contributed by atoms with E-state index in [9.17, 15) is 9.59 Å². The van der Waals surface area contributed by atoms with Crippen molar-refractivity contribution in [2.45, 2.75) is 13.0 Å². The fourth-order valence-corrected chi connectivity index (χ4v) is 2.51. The molecule has 6 nitrogen and oxygen atoms in total. The average molecular weight is 270 g/mol. The molecular formula is C11H14N2O4S. The van der Waals surface area contributed by atoms with Gasteiger partial charge in [-0.3, -0.25) is 4.79 Å². The van der Waals surface area contributed by atoms with E-state index in [1.165, 1.54) is 29.5 Å². The maximum absolute atomic E-state index is 12.3. The number of carbonyl (C=O) groups is 2. The van der Waals surface area contributed by atoms with E-state index in [2.05, 4.69) is 9.72 Å². The lowest BCUT2D eigenvalue weighted by atomic mass is 10.2. The molecule has 7 heteroatoms. The summed E-state index contributed by atoms with van der Waals surface area (Å²) in [6.45, 7) is 2.82. The van der Waals surface area contributed by atoms with Crippen LogP contribution in [0.4, 0.5) is 0 Å². The van der Waals surface area contributed by atoms with Crippen LogP contribution in [0.5, 0.6) is 0 Å². The number of hydrogen-bond donors (Lipinski definition) is 0. The number of aryl methyl sites for hydroxylation is 1.